The molecular weight excluding hydrogens is 376 g/mol. The summed E-state index contributed by atoms with van der Waals surface area (Å²) in [5.74, 6) is 0. The predicted octanol–water partition coefficient (Wildman–Crippen LogP) is 6.07. The highest BCUT2D eigenvalue weighted by Crippen LogP contribution is 2.26. The molecule has 0 saturated carbocycles. The molecule has 0 N–H and O–H groups in total. The third-order valence-corrected chi connectivity index (χ3v) is 6.46. The van der Waals surface area contributed by atoms with Crippen molar-refractivity contribution in [2.45, 2.75) is 38.5 Å². The van der Waals surface area contributed by atoms with Crippen molar-refractivity contribution in [1.82, 2.24) is 9.80 Å². The zero-order chi connectivity index (χ0) is 19.7. The Morgan fingerprint density at radius 2 is 0.931 bits per heavy atom. The first-order valence-electron chi connectivity index (χ1n) is 10.8. The molecule has 5 heteroatoms. The molecular formula is C24H30N4S. The molecule has 2 heterocycles. The predicted molar refractivity (Wildman–Crippen MR) is 126 cm³/mol. The second-order valence-corrected chi connectivity index (χ2v) is 8.59. The van der Waals surface area contributed by atoms with Gasteiger partial charge in [-0.1, -0.05) is 36.4 Å². The van der Waals surface area contributed by atoms with E-state index in [1.54, 1.807) is 11.8 Å². The normalized spacial score (nSPS) is 18.8. The number of aliphatic imine (C=N–C) groups is 2. The van der Waals surface area contributed by atoms with Gasteiger partial charge in [0.25, 0.3) is 0 Å². The summed E-state index contributed by atoms with van der Waals surface area (Å²) in [6.07, 6.45) is 7.59. The van der Waals surface area contributed by atoms with Crippen LogP contribution in [-0.4, -0.2) is 46.3 Å². The molecule has 0 bridgehead atoms. The van der Waals surface area contributed by atoms with E-state index in [1.807, 2.05) is 12.1 Å². The Kier molecular flexibility index (Phi) is 7.24. The number of hydrogen-bond donors (Lipinski definition) is 0. The quantitative estimate of drug-likeness (QED) is 0.448. The van der Waals surface area contributed by atoms with E-state index in [0.717, 1.165) is 47.9 Å². The van der Waals surface area contributed by atoms with Gasteiger partial charge in [-0.05, 0) is 74.6 Å². The molecule has 0 amide bonds. The highest BCUT2D eigenvalue weighted by Gasteiger charge is 2.22. The summed E-state index contributed by atoms with van der Waals surface area (Å²) in [5, 5.41) is 2.16. The lowest BCUT2D eigenvalue weighted by Gasteiger charge is -2.33. The second-order valence-electron chi connectivity index (χ2n) is 7.66. The van der Waals surface area contributed by atoms with Gasteiger partial charge in [0.15, 0.2) is 10.3 Å². The van der Waals surface area contributed by atoms with Crippen molar-refractivity contribution in [3.8, 4) is 0 Å². The Hall–Kier alpha value is -2.27. The first-order chi connectivity index (χ1) is 14.4. The Labute approximate surface area is 178 Å². The van der Waals surface area contributed by atoms with E-state index in [2.05, 4.69) is 58.3 Å². The fourth-order valence-corrected chi connectivity index (χ4v) is 4.88. The molecule has 0 aliphatic carbocycles. The van der Waals surface area contributed by atoms with Crippen LogP contribution in [0.25, 0.3) is 0 Å². The van der Waals surface area contributed by atoms with Crippen LogP contribution in [0.5, 0.6) is 0 Å². The first-order valence-corrected chi connectivity index (χ1v) is 11.7. The van der Waals surface area contributed by atoms with Gasteiger partial charge in [0.05, 0.1) is 11.4 Å². The van der Waals surface area contributed by atoms with Crippen LogP contribution in [-0.2, 0) is 0 Å². The van der Waals surface area contributed by atoms with Gasteiger partial charge in [-0.3, -0.25) is 0 Å². The number of benzene rings is 2. The molecule has 0 atom stereocenters. The summed E-state index contributed by atoms with van der Waals surface area (Å²) >= 11 is 1.74. The lowest BCUT2D eigenvalue weighted by Crippen LogP contribution is -2.39. The number of rotatable bonds is 2. The maximum absolute atomic E-state index is 5.06. The van der Waals surface area contributed by atoms with Crippen molar-refractivity contribution in [2.24, 2.45) is 9.98 Å². The van der Waals surface area contributed by atoms with Gasteiger partial charge in [-0.25, -0.2) is 9.98 Å². The van der Waals surface area contributed by atoms with Crippen molar-refractivity contribution in [1.29, 1.82) is 0 Å². The monoisotopic (exact) mass is 406 g/mol. The van der Waals surface area contributed by atoms with Gasteiger partial charge in [0, 0.05) is 26.2 Å². The highest BCUT2D eigenvalue weighted by molar-refractivity contribution is 8.26. The summed E-state index contributed by atoms with van der Waals surface area (Å²) in [6, 6.07) is 20.6. The Bertz CT molecular complexity index is 738. The van der Waals surface area contributed by atoms with E-state index in [-0.39, 0.29) is 0 Å². The Morgan fingerprint density at radius 3 is 1.31 bits per heavy atom. The van der Waals surface area contributed by atoms with Crippen LogP contribution in [0.3, 0.4) is 0 Å². The minimum absolute atomic E-state index is 1.01. The standard InChI is InChI=1S/C24H30N4S/c1-5-13-21(14-6-1)25-23(27-17-9-3-10-18-27)29-24(28-19-11-4-12-20-28)26-22-15-7-2-8-16-22/h1-2,5-8,13-16H,3-4,9-12,17-20H2. The van der Waals surface area contributed by atoms with Crippen LogP contribution in [0, 0.1) is 0 Å². The molecule has 2 aliphatic rings. The number of nitrogens with zero attached hydrogens (tertiary/aromatic N) is 4. The second kappa shape index (κ2) is 10.5. The SMILES string of the molecule is c1ccc(N=C(SC(=Nc2ccccc2)N2CCCCC2)N2CCCCC2)cc1. The van der Waals surface area contributed by atoms with Gasteiger partial charge in [0.1, 0.15) is 0 Å². The summed E-state index contributed by atoms with van der Waals surface area (Å²) in [6.45, 7) is 4.32. The summed E-state index contributed by atoms with van der Waals surface area (Å²) in [5.41, 5.74) is 2.02. The fourth-order valence-electron chi connectivity index (χ4n) is 3.79. The number of piperidine rings is 2. The van der Waals surface area contributed by atoms with Crippen molar-refractivity contribution in [3.05, 3.63) is 60.7 Å². The molecule has 2 aromatic rings. The zero-order valence-electron chi connectivity index (χ0n) is 17.0. The van der Waals surface area contributed by atoms with E-state index in [1.165, 1.54) is 38.5 Å². The summed E-state index contributed by atoms with van der Waals surface area (Å²) in [4.78, 5) is 15.0. The maximum atomic E-state index is 5.06. The van der Waals surface area contributed by atoms with E-state index in [0.29, 0.717) is 0 Å². The number of hydrogen-bond acceptors (Lipinski definition) is 3. The minimum atomic E-state index is 1.01. The molecule has 29 heavy (non-hydrogen) atoms. The molecule has 0 spiro atoms. The van der Waals surface area contributed by atoms with Crippen LogP contribution in [0.1, 0.15) is 38.5 Å². The van der Waals surface area contributed by atoms with E-state index >= 15 is 0 Å². The molecule has 152 valence electrons. The number of amidine groups is 2. The van der Waals surface area contributed by atoms with Gasteiger partial charge < -0.3 is 9.80 Å². The van der Waals surface area contributed by atoms with Gasteiger partial charge >= 0.3 is 0 Å². The average molecular weight is 407 g/mol. The molecule has 0 aromatic heterocycles. The lowest BCUT2D eigenvalue weighted by atomic mass is 10.1. The molecule has 2 aromatic carbocycles. The molecule has 4 rings (SSSR count). The summed E-state index contributed by atoms with van der Waals surface area (Å²) in [7, 11) is 0. The van der Waals surface area contributed by atoms with E-state index < -0.39 is 0 Å². The fraction of sp³-hybridized carbons (Fsp3) is 0.417. The Morgan fingerprint density at radius 1 is 0.552 bits per heavy atom. The van der Waals surface area contributed by atoms with Crippen LogP contribution in [0.2, 0.25) is 0 Å². The third-order valence-electron chi connectivity index (χ3n) is 5.40. The van der Waals surface area contributed by atoms with Crippen molar-refractivity contribution in [2.75, 3.05) is 26.2 Å². The van der Waals surface area contributed by atoms with Crippen LogP contribution in [0.15, 0.2) is 70.6 Å². The number of para-hydroxylation sites is 2. The smallest absolute Gasteiger partial charge is 0.172 e. The molecule has 0 radical (unpaired) electrons. The third kappa shape index (κ3) is 5.86. The largest absolute Gasteiger partial charge is 0.351 e. The maximum Gasteiger partial charge on any atom is 0.172 e. The van der Waals surface area contributed by atoms with Crippen molar-refractivity contribution < 1.29 is 0 Å². The zero-order valence-corrected chi connectivity index (χ0v) is 17.9. The van der Waals surface area contributed by atoms with Gasteiger partial charge in [0.2, 0.25) is 0 Å². The highest BCUT2D eigenvalue weighted by atomic mass is 32.2. The number of likely N-dealkylation sites (tertiary alicyclic amines) is 2. The van der Waals surface area contributed by atoms with Gasteiger partial charge in [-0.2, -0.15) is 0 Å². The Balaban J connectivity index is 1.65. The molecule has 4 nitrogen and oxygen atoms in total. The first kappa shape index (κ1) is 20.0. The average Bonchev–Trinajstić information content (AvgIpc) is 2.81. The van der Waals surface area contributed by atoms with Crippen LogP contribution >= 0.6 is 11.8 Å². The van der Waals surface area contributed by atoms with Crippen molar-refractivity contribution >= 4 is 33.5 Å². The minimum Gasteiger partial charge on any atom is -0.351 e. The van der Waals surface area contributed by atoms with Crippen LogP contribution < -0.4 is 0 Å². The van der Waals surface area contributed by atoms with Crippen LogP contribution in [0.4, 0.5) is 11.4 Å². The molecule has 2 fully saturated rings. The lowest BCUT2D eigenvalue weighted by molar-refractivity contribution is 0.345. The van der Waals surface area contributed by atoms with Crippen molar-refractivity contribution in [3.63, 3.8) is 0 Å². The van der Waals surface area contributed by atoms with E-state index in [9.17, 15) is 0 Å². The molecule has 2 aliphatic heterocycles. The molecule has 2 saturated heterocycles. The van der Waals surface area contributed by atoms with Gasteiger partial charge in [-0.15, -0.1) is 0 Å². The topological polar surface area (TPSA) is 31.2 Å². The van der Waals surface area contributed by atoms with E-state index in [4.69, 9.17) is 9.98 Å². The molecule has 0 unspecified atom stereocenters. The number of thioether (sulfide) groups is 1. The summed E-state index contributed by atoms with van der Waals surface area (Å²) < 4.78 is 0.